The molecule has 3 aromatic carbocycles. The summed E-state index contributed by atoms with van der Waals surface area (Å²) in [6.07, 6.45) is 1.99. The lowest BCUT2D eigenvalue weighted by Crippen LogP contribution is -2.13. The average Bonchev–Trinajstić information content (AvgIpc) is 2.76. The van der Waals surface area contributed by atoms with Crippen LogP contribution in [-0.2, 0) is 6.61 Å². The van der Waals surface area contributed by atoms with E-state index < -0.39 is 0 Å². The average molecular weight is 422 g/mol. The number of ether oxygens (including phenoxy) is 2. The topological polar surface area (TPSA) is 47.6 Å². The van der Waals surface area contributed by atoms with Gasteiger partial charge in [0.05, 0.1) is 12.3 Å². The fourth-order valence-corrected chi connectivity index (χ4v) is 3.59. The largest absolute Gasteiger partial charge is 0.493 e. The molecule has 0 fully saturated rings. The summed E-state index contributed by atoms with van der Waals surface area (Å²) in [4.78, 5) is 13.9. The van der Waals surface area contributed by atoms with Crippen molar-refractivity contribution in [3.63, 3.8) is 0 Å². The van der Waals surface area contributed by atoms with E-state index in [1.54, 1.807) is 17.8 Å². The second-order valence-corrected chi connectivity index (χ2v) is 7.79. The molecule has 0 aliphatic carbocycles. The number of para-hydroxylation sites is 1. The Morgan fingerprint density at radius 1 is 0.967 bits per heavy atom. The van der Waals surface area contributed by atoms with Crippen LogP contribution in [0.15, 0.2) is 65.6 Å². The molecule has 3 rings (SSSR count). The molecule has 0 aliphatic heterocycles. The Bertz CT molecular complexity index is 1030. The Kier molecular flexibility index (Phi) is 7.41. The van der Waals surface area contributed by atoms with Gasteiger partial charge in [0.1, 0.15) is 18.1 Å². The van der Waals surface area contributed by atoms with Gasteiger partial charge in [-0.15, -0.1) is 11.8 Å². The summed E-state index contributed by atoms with van der Waals surface area (Å²) >= 11 is 1.60. The van der Waals surface area contributed by atoms with Crippen molar-refractivity contribution in [2.45, 2.75) is 32.3 Å². The molecule has 0 aliphatic rings. The maximum atomic E-state index is 12.9. The quantitative estimate of drug-likeness (QED) is 0.436. The molecular formula is C25H27NO3S. The SMILES string of the molecule is CCOc1ccc(C(=O)Nc2ccccc2SC)cc1COc1ccc(C)c(C)c1. The van der Waals surface area contributed by atoms with Crippen molar-refractivity contribution in [3.05, 3.63) is 82.9 Å². The van der Waals surface area contributed by atoms with Gasteiger partial charge in [-0.05, 0) is 80.6 Å². The Morgan fingerprint density at radius 3 is 2.50 bits per heavy atom. The van der Waals surface area contributed by atoms with Crippen LogP contribution in [0.1, 0.15) is 34.0 Å². The van der Waals surface area contributed by atoms with Crippen molar-refractivity contribution in [2.75, 3.05) is 18.2 Å². The van der Waals surface area contributed by atoms with Crippen LogP contribution in [0.4, 0.5) is 5.69 Å². The van der Waals surface area contributed by atoms with E-state index in [-0.39, 0.29) is 5.91 Å². The predicted molar refractivity (Wildman–Crippen MR) is 124 cm³/mol. The number of carbonyl (C=O) groups is 1. The number of rotatable bonds is 8. The van der Waals surface area contributed by atoms with Gasteiger partial charge in [0.15, 0.2) is 0 Å². The summed E-state index contributed by atoms with van der Waals surface area (Å²) in [6, 6.07) is 19.2. The fraction of sp³-hybridized carbons (Fsp3) is 0.240. The maximum absolute atomic E-state index is 12.9. The molecule has 30 heavy (non-hydrogen) atoms. The Hall–Kier alpha value is -2.92. The number of nitrogens with one attached hydrogen (secondary N) is 1. The second-order valence-electron chi connectivity index (χ2n) is 6.94. The van der Waals surface area contributed by atoms with Crippen molar-refractivity contribution < 1.29 is 14.3 Å². The predicted octanol–water partition coefficient (Wildman–Crippen LogP) is 6.26. The number of carbonyl (C=O) groups excluding carboxylic acids is 1. The Morgan fingerprint density at radius 2 is 1.77 bits per heavy atom. The minimum atomic E-state index is -0.160. The molecule has 0 spiro atoms. The molecule has 0 saturated heterocycles. The van der Waals surface area contributed by atoms with Gasteiger partial charge in [0.25, 0.3) is 5.91 Å². The monoisotopic (exact) mass is 421 g/mol. The molecule has 4 nitrogen and oxygen atoms in total. The molecule has 1 amide bonds. The van der Waals surface area contributed by atoms with Gasteiger partial charge >= 0.3 is 0 Å². The summed E-state index contributed by atoms with van der Waals surface area (Å²) in [5.74, 6) is 1.36. The highest BCUT2D eigenvalue weighted by Crippen LogP contribution is 2.27. The van der Waals surface area contributed by atoms with E-state index in [2.05, 4.69) is 19.2 Å². The third-order valence-corrected chi connectivity index (χ3v) is 5.65. The molecule has 5 heteroatoms. The number of benzene rings is 3. The molecule has 0 saturated carbocycles. The van der Waals surface area contributed by atoms with E-state index in [0.29, 0.717) is 18.8 Å². The van der Waals surface area contributed by atoms with E-state index in [4.69, 9.17) is 9.47 Å². The van der Waals surface area contributed by atoms with Gasteiger partial charge in [-0.25, -0.2) is 0 Å². The van der Waals surface area contributed by atoms with Crippen LogP contribution in [0.25, 0.3) is 0 Å². The maximum Gasteiger partial charge on any atom is 0.255 e. The third-order valence-electron chi connectivity index (χ3n) is 4.85. The lowest BCUT2D eigenvalue weighted by molar-refractivity contribution is 0.102. The van der Waals surface area contributed by atoms with E-state index in [1.807, 2.05) is 67.8 Å². The summed E-state index contributed by atoms with van der Waals surface area (Å²) in [5.41, 5.74) is 4.60. The van der Waals surface area contributed by atoms with Crippen LogP contribution in [0.5, 0.6) is 11.5 Å². The number of hydrogen-bond donors (Lipinski definition) is 1. The van der Waals surface area contributed by atoms with Crippen LogP contribution >= 0.6 is 11.8 Å². The molecule has 0 heterocycles. The third kappa shape index (κ3) is 5.36. The van der Waals surface area contributed by atoms with Gasteiger partial charge in [-0.2, -0.15) is 0 Å². The molecular weight excluding hydrogens is 394 g/mol. The van der Waals surface area contributed by atoms with Gasteiger partial charge < -0.3 is 14.8 Å². The number of hydrogen-bond acceptors (Lipinski definition) is 4. The van der Waals surface area contributed by atoms with E-state index in [1.165, 1.54) is 11.1 Å². The summed E-state index contributed by atoms with van der Waals surface area (Å²) in [6.45, 7) is 6.94. The first-order valence-corrected chi connectivity index (χ1v) is 11.1. The van der Waals surface area contributed by atoms with Crippen LogP contribution in [0, 0.1) is 13.8 Å². The van der Waals surface area contributed by atoms with E-state index in [9.17, 15) is 4.79 Å². The van der Waals surface area contributed by atoms with Crippen molar-refractivity contribution in [1.29, 1.82) is 0 Å². The van der Waals surface area contributed by atoms with Gasteiger partial charge in [-0.1, -0.05) is 18.2 Å². The number of aryl methyl sites for hydroxylation is 2. The minimum absolute atomic E-state index is 0.160. The van der Waals surface area contributed by atoms with Crippen LogP contribution in [0.2, 0.25) is 0 Å². The molecule has 3 aromatic rings. The van der Waals surface area contributed by atoms with Crippen LogP contribution < -0.4 is 14.8 Å². The van der Waals surface area contributed by atoms with Gasteiger partial charge in [0, 0.05) is 16.0 Å². The zero-order valence-corrected chi connectivity index (χ0v) is 18.6. The molecule has 0 bridgehead atoms. The highest BCUT2D eigenvalue weighted by molar-refractivity contribution is 7.98. The zero-order chi connectivity index (χ0) is 21.5. The molecule has 0 aromatic heterocycles. The van der Waals surface area contributed by atoms with Crippen molar-refractivity contribution in [3.8, 4) is 11.5 Å². The summed E-state index contributed by atoms with van der Waals surface area (Å²) < 4.78 is 11.7. The van der Waals surface area contributed by atoms with Crippen molar-refractivity contribution >= 4 is 23.4 Å². The van der Waals surface area contributed by atoms with Crippen LogP contribution in [0.3, 0.4) is 0 Å². The van der Waals surface area contributed by atoms with Crippen molar-refractivity contribution in [1.82, 2.24) is 0 Å². The molecule has 0 unspecified atom stereocenters. The standard InChI is InChI=1S/C25H27NO3S/c1-5-28-23-13-11-19(25(27)26-22-8-6-7-9-24(22)30-4)15-20(23)16-29-21-12-10-17(2)18(3)14-21/h6-15H,5,16H2,1-4H3,(H,26,27). The fourth-order valence-electron chi connectivity index (χ4n) is 3.04. The second kappa shape index (κ2) is 10.2. The normalized spacial score (nSPS) is 10.5. The first kappa shape index (κ1) is 21.8. The highest BCUT2D eigenvalue weighted by Gasteiger charge is 2.13. The molecule has 0 radical (unpaired) electrons. The van der Waals surface area contributed by atoms with Gasteiger partial charge in [0.2, 0.25) is 0 Å². The number of anilines is 1. The zero-order valence-electron chi connectivity index (χ0n) is 17.8. The van der Waals surface area contributed by atoms with E-state index >= 15 is 0 Å². The number of thioether (sulfide) groups is 1. The molecule has 156 valence electrons. The lowest BCUT2D eigenvalue weighted by atomic mass is 10.1. The Labute approximate surface area is 182 Å². The van der Waals surface area contributed by atoms with Crippen molar-refractivity contribution in [2.24, 2.45) is 0 Å². The smallest absolute Gasteiger partial charge is 0.255 e. The minimum Gasteiger partial charge on any atom is -0.493 e. The summed E-state index contributed by atoms with van der Waals surface area (Å²) in [5, 5.41) is 3.00. The first-order chi connectivity index (χ1) is 14.5. The molecule has 1 N–H and O–H groups in total. The summed E-state index contributed by atoms with van der Waals surface area (Å²) in [7, 11) is 0. The molecule has 0 atom stereocenters. The number of amides is 1. The van der Waals surface area contributed by atoms with Gasteiger partial charge in [-0.3, -0.25) is 4.79 Å². The Balaban J connectivity index is 1.80. The highest BCUT2D eigenvalue weighted by atomic mass is 32.2. The first-order valence-electron chi connectivity index (χ1n) is 9.92. The van der Waals surface area contributed by atoms with E-state index in [0.717, 1.165) is 27.6 Å². The lowest BCUT2D eigenvalue weighted by Gasteiger charge is -2.14. The van der Waals surface area contributed by atoms with Crippen LogP contribution in [-0.4, -0.2) is 18.8 Å².